The van der Waals surface area contributed by atoms with Gasteiger partial charge in [-0.2, -0.15) is 0 Å². The molecule has 0 heterocycles. The van der Waals surface area contributed by atoms with Crippen molar-refractivity contribution in [3.8, 4) is 0 Å². The van der Waals surface area contributed by atoms with Crippen LogP contribution in [-0.2, 0) is 9.59 Å². The molecule has 3 heteroatoms. The third kappa shape index (κ3) is 0.994. The summed E-state index contributed by atoms with van der Waals surface area (Å²) in [5.74, 6) is 0.351. The minimum absolute atomic E-state index is 0.0783. The summed E-state index contributed by atoms with van der Waals surface area (Å²) in [6.45, 7) is 8.76. The van der Waals surface area contributed by atoms with Crippen molar-refractivity contribution in [1.29, 1.82) is 0 Å². The zero-order valence-corrected chi connectivity index (χ0v) is 10.6. The fraction of sp³-hybridized carbons (Fsp3) is 0.846. The van der Waals surface area contributed by atoms with Gasteiger partial charge >= 0.3 is 0 Å². The second-order valence-electron chi connectivity index (χ2n) is 6.00. The summed E-state index contributed by atoms with van der Waals surface area (Å²) in [4.78, 5) is 24.4. The lowest BCUT2D eigenvalue weighted by Gasteiger charge is -2.38. The van der Waals surface area contributed by atoms with Gasteiger partial charge in [0.1, 0.15) is 5.78 Å². The SMILES string of the molecule is CCNC(=O)[C@]12CC[C@](C)(C(=O)C1)C2(C)C. The molecule has 16 heavy (non-hydrogen) atoms. The number of ketones is 1. The van der Waals surface area contributed by atoms with E-state index >= 15 is 0 Å². The van der Waals surface area contributed by atoms with Crippen molar-refractivity contribution in [2.45, 2.75) is 47.0 Å². The highest BCUT2D eigenvalue weighted by atomic mass is 16.2. The summed E-state index contributed by atoms with van der Waals surface area (Å²) in [5.41, 5.74) is -0.955. The molecule has 2 fully saturated rings. The number of carbonyl (C=O) groups excluding carboxylic acids is 2. The topological polar surface area (TPSA) is 46.2 Å². The second-order valence-corrected chi connectivity index (χ2v) is 6.00. The van der Waals surface area contributed by atoms with Crippen LogP contribution < -0.4 is 5.32 Å². The maximum absolute atomic E-state index is 12.3. The van der Waals surface area contributed by atoms with E-state index < -0.39 is 5.41 Å². The minimum Gasteiger partial charge on any atom is -0.356 e. The maximum atomic E-state index is 12.3. The van der Waals surface area contributed by atoms with Gasteiger partial charge in [-0.25, -0.2) is 0 Å². The summed E-state index contributed by atoms with van der Waals surface area (Å²) in [7, 11) is 0. The van der Waals surface area contributed by atoms with Gasteiger partial charge in [0.15, 0.2) is 0 Å². The smallest absolute Gasteiger partial charge is 0.227 e. The van der Waals surface area contributed by atoms with Crippen LogP contribution in [-0.4, -0.2) is 18.2 Å². The molecular formula is C13H21NO2. The number of amides is 1. The van der Waals surface area contributed by atoms with Gasteiger partial charge in [-0.3, -0.25) is 9.59 Å². The lowest BCUT2D eigenvalue weighted by molar-refractivity contribution is -0.136. The van der Waals surface area contributed by atoms with E-state index in [4.69, 9.17) is 0 Å². The zero-order valence-electron chi connectivity index (χ0n) is 10.6. The van der Waals surface area contributed by atoms with Crippen LogP contribution in [0.5, 0.6) is 0 Å². The van der Waals surface area contributed by atoms with Crippen molar-refractivity contribution in [3.63, 3.8) is 0 Å². The van der Waals surface area contributed by atoms with Crippen LogP contribution in [0.4, 0.5) is 0 Å². The van der Waals surface area contributed by atoms with Crippen LogP contribution in [0.3, 0.4) is 0 Å². The van der Waals surface area contributed by atoms with Crippen LogP contribution in [0.15, 0.2) is 0 Å². The monoisotopic (exact) mass is 223 g/mol. The fourth-order valence-electron chi connectivity index (χ4n) is 3.69. The predicted molar refractivity (Wildman–Crippen MR) is 61.9 cm³/mol. The van der Waals surface area contributed by atoms with Crippen LogP contribution in [0, 0.1) is 16.2 Å². The van der Waals surface area contributed by atoms with Crippen molar-refractivity contribution in [1.82, 2.24) is 5.32 Å². The summed E-state index contributed by atoms with van der Waals surface area (Å²) < 4.78 is 0. The van der Waals surface area contributed by atoms with Crippen molar-refractivity contribution < 1.29 is 9.59 Å². The Morgan fingerprint density at radius 2 is 1.94 bits per heavy atom. The van der Waals surface area contributed by atoms with Crippen molar-refractivity contribution in [2.24, 2.45) is 16.2 Å². The van der Waals surface area contributed by atoms with Gasteiger partial charge in [-0.15, -0.1) is 0 Å². The molecule has 2 aliphatic carbocycles. The van der Waals surface area contributed by atoms with Crippen LogP contribution in [0.1, 0.15) is 47.0 Å². The van der Waals surface area contributed by atoms with Crippen molar-refractivity contribution in [2.75, 3.05) is 6.54 Å². The van der Waals surface area contributed by atoms with E-state index in [0.717, 1.165) is 12.8 Å². The van der Waals surface area contributed by atoms with E-state index in [-0.39, 0.29) is 22.5 Å². The molecule has 2 atom stereocenters. The molecule has 1 N–H and O–H groups in total. The Kier molecular flexibility index (Phi) is 2.24. The standard InChI is InChI=1S/C13H21NO2/c1-5-14-10(16)13-7-6-12(4,9(15)8-13)11(13,2)3/h5-8H2,1-4H3,(H,14,16)/t12-,13+/m1/s1. The van der Waals surface area contributed by atoms with E-state index in [9.17, 15) is 9.59 Å². The molecule has 2 rings (SSSR count). The Hall–Kier alpha value is -0.860. The van der Waals surface area contributed by atoms with Gasteiger partial charge in [0.25, 0.3) is 0 Å². The zero-order chi connectivity index (χ0) is 12.2. The molecule has 0 aromatic carbocycles. The van der Waals surface area contributed by atoms with Crippen molar-refractivity contribution >= 4 is 11.7 Å². The highest BCUT2D eigenvalue weighted by Gasteiger charge is 2.72. The van der Waals surface area contributed by atoms with Crippen molar-refractivity contribution in [3.05, 3.63) is 0 Å². The normalized spacial score (nSPS) is 40.1. The predicted octanol–water partition coefficient (Wildman–Crippen LogP) is 1.91. The summed E-state index contributed by atoms with van der Waals surface area (Å²) >= 11 is 0. The Morgan fingerprint density at radius 3 is 2.31 bits per heavy atom. The number of carbonyl (C=O) groups is 2. The highest BCUT2D eigenvalue weighted by Crippen LogP contribution is 2.70. The Balaban J connectivity index is 2.44. The molecule has 0 unspecified atom stereocenters. The molecule has 0 saturated heterocycles. The number of nitrogens with one attached hydrogen (secondary N) is 1. The van der Waals surface area contributed by atoms with E-state index in [2.05, 4.69) is 19.2 Å². The lowest BCUT2D eigenvalue weighted by atomic mass is 9.64. The molecule has 0 aromatic heterocycles. The number of rotatable bonds is 2. The largest absolute Gasteiger partial charge is 0.356 e. The molecule has 0 aliphatic heterocycles. The van der Waals surface area contributed by atoms with Crippen LogP contribution >= 0.6 is 0 Å². The summed E-state index contributed by atoms with van der Waals surface area (Å²) in [6, 6.07) is 0. The second kappa shape index (κ2) is 3.08. The van der Waals surface area contributed by atoms with E-state index in [1.165, 1.54) is 0 Å². The number of fused-ring (bicyclic) bond motifs is 2. The first-order chi connectivity index (χ1) is 7.32. The molecule has 3 nitrogen and oxygen atoms in total. The molecule has 0 radical (unpaired) electrons. The molecule has 90 valence electrons. The van der Waals surface area contributed by atoms with Gasteiger partial charge in [0, 0.05) is 18.4 Å². The van der Waals surface area contributed by atoms with Gasteiger partial charge in [0.2, 0.25) is 5.91 Å². The molecule has 0 spiro atoms. The Labute approximate surface area is 97.0 Å². The number of hydrogen-bond donors (Lipinski definition) is 1. The molecule has 2 bridgehead atoms. The molecular weight excluding hydrogens is 202 g/mol. The average Bonchev–Trinajstić information content (AvgIpc) is 2.48. The van der Waals surface area contributed by atoms with Gasteiger partial charge in [-0.05, 0) is 25.2 Å². The first kappa shape index (κ1) is 11.6. The van der Waals surface area contributed by atoms with E-state index in [1.807, 2.05) is 13.8 Å². The van der Waals surface area contributed by atoms with Gasteiger partial charge in [0.05, 0.1) is 5.41 Å². The Bertz CT molecular complexity index is 361. The third-order valence-corrected chi connectivity index (χ3v) is 5.48. The van der Waals surface area contributed by atoms with Gasteiger partial charge < -0.3 is 5.32 Å². The summed E-state index contributed by atoms with van der Waals surface area (Å²) in [5, 5.41) is 2.91. The van der Waals surface area contributed by atoms with E-state index in [0.29, 0.717) is 13.0 Å². The third-order valence-electron chi connectivity index (χ3n) is 5.48. The van der Waals surface area contributed by atoms with Crippen LogP contribution in [0.2, 0.25) is 0 Å². The number of hydrogen-bond acceptors (Lipinski definition) is 2. The molecule has 1 amide bonds. The highest BCUT2D eigenvalue weighted by molar-refractivity contribution is 5.99. The van der Waals surface area contributed by atoms with E-state index in [1.54, 1.807) is 0 Å². The maximum Gasteiger partial charge on any atom is 0.227 e. The molecule has 2 aliphatic rings. The first-order valence-corrected chi connectivity index (χ1v) is 6.13. The molecule has 2 saturated carbocycles. The minimum atomic E-state index is -0.450. The fourth-order valence-corrected chi connectivity index (χ4v) is 3.69. The quantitative estimate of drug-likeness (QED) is 0.777. The lowest BCUT2D eigenvalue weighted by Crippen LogP contribution is -2.46. The first-order valence-electron chi connectivity index (χ1n) is 6.13. The Morgan fingerprint density at radius 1 is 1.31 bits per heavy atom. The average molecular weight is 223 g/mol. The molecule has 0 aromatic rings. The van der Waals surface area contributed by atoms with Crippen LogP contribution in [0.25, 0.3) is 0 Å². The number of Topliss-reactive ketones (excluding diaryl/α,β-unsaturated/α-hetero) is 1. The summed E-state index contributed by atoms with van der Waals surface area (Å²) in [6.07, 6.45) is 2.15. The van der Waals surface area contributed by atoms with Gasteiger partial charge in [-0.1, -0.05) is 20.8 Å².